The Kier molecular flexibility index (Phi) is 5.71. The summed E-state index contributed by atoms with van der Waals surface area (Å²) in [5.41, 5.74) is -0.248. The van der Waals surface area contributed by atoms with Crippen LogP contribution in [0.5, 0.6) is 0 Å². The number of amides is 1. The summed E-state index contributed by atoms with van der Waals surface area (Å²) in [5, 5.41) is 2.58. The Labute approximate surface area is 106 Å². The molecule has 0 bridgehead atoms. The second kappa shape index (κ2) is 7.06. The van der Waals surface area contributed by atoms with Crippen LogP contribution in [0.25, 0.3) is 0 Å². The topological polar surface area (TPSA) is 32.3 Å². The van der Waals surface area contributed by atoms with Crippen LogP contribution in [0.2, 0.25) is 0 Å². The van der Waals surface area contributed by atoms with Crippen molar-refractivity contribution in [3.05, 3.63) is 35.4 Å². The lowest BCUT2D eigenvalue weighted by Crippen LogP contribution is -2.26. The van der Waals surface area contributed by atoms with Crippen molar-refractivity contribution in [3.63, 3.8) is 0 Å². The second-order valence-corrected chi connectivity index (χ2v) is 4.39. The van der Waals surface area contributed by atoms with Crippen LogP contribution in [0.15, 0.2) is 18.2 Å². The normalized spacial score (nSPS) is 10.7. The van der Waals surface area contributed by atoms with Gasteiger partial charge in [0.25, 0.3) is 5.91 Å². The Bertz CT molecular complexity index is 408. The molecule has 1 aromatic rings. The van der Waals surface area contributed by atoms with E-state index in [9.17, 15) is 13.6 Å². The van der Waals surface area contributed by atoms with E-state index in [0.717, 1.165) is 37.6 Å². The number of halogens is 2. The van der Waals surface area contributed by atoms with Crippen molar-refractivity contribution in [2.75, 3.05) is 27.2 Å². The maximum atomic E-state index is 13.3. The average Bonchev–Trinajstić information content (AvgIpc) is 2.31. The predicted octanol–water partition coefficient (Wildman–Crippen LogP) is 2.04. The summed E-state index contributed by atoms with van der Waals surface area (Å²) < 4.78 is 26.2. The molecule has 0 aliphatic carbocycles. The lowest BCUT2D eigenvalue weighted by atomic mass is 10.2. The van der Waals surface area contributed by atoms with E-state index in [2.05, 4.69) is 5.32 Å². The molecule has 0 unspecified atom stereocenters. The molecule has 1 aromatic carbocycles. The summed E-state index contributed by atoms with van der Waals surface area (Å²) in [7, 11) is 3.95. The summed E-state index contributed by atoms with van der Waals surface area (Å²) in [6.07, 6.45) is 1.75. The molecule has 18 heavy (non-hydrogen) atoms. The van der Waals surface area contributed by atoms with E-state index in [-0.39, 0.29) is 5.56 Å². The van der Waals surface area contributed by atoms with E-state index in [4.69, 9.17) is 0 Å². The van der Waals surface area contributed by atoms with Crippen molar-refractivity contribution in [2.45, 2.75) is 12.8 Å². The third kappa shape index (κ3) is 4.79. The number of nitrogens with one attached hydrogen (secondary N) is 1. The molecule has 0 aliphatic heterocycles. The molecule has 0 atom stereocenters. The Morgan fingerprint density at radius 2 is 2.00 bits per heavy atom. The summed E-state index contributed by atoms with van der Waals surface area (Å²) in [6, 6.07) is 2.85. The number of unbranched alkanes of at least 4 members (excludes halogenated alkanes) is 1. The minimum absolute atomic E-state index is 0.248. The predicted molar refractivity (Wildman–Crippen MR) is 66.5 cm³/mol. The van der Waals surface area contributed by atoms with Crippen LogP contribution in [0.1, 0.15) is 23.2 Å². The van der Waals surface area contributed by atoms with Crippen molar-refractivity contribution in [1.29, 1.82) is 0 Å². The van der Waals surface area contributed by atoms with Crippen LogP contribution in [0.4, 0.5) is 8.78 Å². The summed E-state index contributed by atoms with van der Waals surface area (Å²) in [5.74, 6) is -1.90. The zero-order valence-electron chi connectivity index (χ0n) is 10.7. The average molecular weight is 256 g/mol. The van der Waals surface area contributed by atoms with Crippen LogP contribution >= 0.6 is 0 Å². The monoisotopic (exact) mass is 256 g/mol. The summed E-state index contributed by atoms with van der Waals surface area (Å²) in [6.45, 7) is 1.40. The van der Waals surface area contributed by atoms with E-state index >= 15 is 0 Å². The van der Waals surface area contributed by atoms with Gasteiger partial charge in [-0.25, -0.2) is 8.78 Å². The molecule has 0 fully saturated rings. The molecule has 0 aromatic heterocycles. The molecular weight excluding hydrogens is 238 g/mol. The maximum absolute atomic E-state index is 13.3. The molecule has 0 aliphatic rings. The first-order valence-corrected chi connectivity index (χ1v) is 5.88. The number of hydrogen-bond acceptors (Lipinski definition) is 2. The van der Waals surface area contributed by atoms with E-state index in [1.165, 1.54) is 0 Å². The van der Waals surface area contributed by atoms with Gasteiger partial charge in [-0.1, -0.05) is 0 Å². The highest BCUT2D eigenvalue weighted by Gasteiger charge is 2.11. The Morgan fingerprint density at radius 3 is 2.67 bits per heavy atom. The highest BCUT2D eigenvalue weighted by Crippen LogP contribution is 2.09. The first kappa shape index (κ1) is 14.6. The fourth-order valence-electron chi connectivity index (χ4n) is 1.52. The van der Waals surface area contributed by atoms with Crippen LogP contribution < -0.4 is 5.32 Å². The largest absolute Gasteiger partial charge is 0.352 e. The third-order valence-electron chi connectivity index (χ3n) is 2.49. The van der Waals surface area contributed by atoms with Crippen molar-refractivity contribution >= 4 is 5.91 Å². The molecule has 0 heterocycles. The van der Waals surface area contributed by atoms with E-state index < -0.39 is 17.5 Å². The van der Waals surface area contributed by atoms with Gasteiger partial charge in [-0.3, -0.25) is 4.79 Å². The van der Waals surface area contributed by atoms with Crippen LogP contribution in [-0.4, -0.2) is 38.0 Å². The first-order chi connectivity index (χ1) is 8.50. The van der Waals surface area contributed by atoms with E-state index in [1.807, 2.05) is 19.0 Å². The Morgan fingerprint density at radius 1 is 1.28 bits per heavy atom. The molecule has 3 nitrogen and oxygen atoms in total. The van der Waals surface area contributed by atoms with Gasteiger partial charge in [0.2, 0.25) is 0 Å². The SMILES string of the molecule is CN(C)CCCCNC(=O)c1cc(F)ccc1F. The van der Waals surface area contributed by atoms with Gasteiger partial charge in [0.1, 0.15) is 11.6 Å². The van der Waals surface area contributed by atoms with Gasteiger partial charge in [-0.2, -0.15) is 0 Å². The Hall–Kier alpha value is -1.49. The van der Waals surface area contributed by atoms with E-state index in [1.54, 1.807) is 0 Å². The van der Waals surface area contributed by atoms with Crippen LogP contribution in [0.3, 0.4) is 0 Å². The zero-order valence-corrected chi connectivity index (χ0v) is 10.7. The second-order valence-electron chi connectivity index (χ2n) is 4.39. The number of carbonyl (C=O) groups is 1. The van der Waals surface area contributed by atoms with Gasteiger partial charge in [0.05, 0.1) is 5.56 Å². The van der Waals surface area contributed by atoms with Gasteiger partial charge in [-0.05, 0) is 51.7 Å². The quantitative estimate of drug-likeness (QED) is 0.790. The van der Waals surface area contributed by atoms with Crippen molar-refractivity contribution < 1.29 is 13.6 Å². The molecule has 5 heteroatoms. The van der Waals surface area contributed by atoms with Crippen molar-refractivity contribution in [3.8, 4) is 0 Å². The molecule has 0 saturated carbocycles. The fraction of sp³-hybridized carbons (Fsp3) is 0.462. The molecular formula is C13H18F2N2O. The number of nitrogens with zero attached hydrogens (tertiary/aromatic N) is 1. The number of rotatable bonds is 6. The minimum atomic E-state index is -0.706. The molecule has 0 saturated heterocycles. The highest BCUT2D eigenvalue weighted by molar-refractivity contribution is 5.94. The molecule has 1 amide bonds. The van der Waals surface area contributed by atoms with Crippen molar-refractivity contribution in [2.24, 2.45) is 0 Å². The maximum Gasteiger partial charge on any atom is 0.254 e. The summed E-state index contributed by atoms with van der Waals surface area (Å²) >= 11 is 0. The van der Waals surface area contributed by atoms with E-state index in [0.29, 0.717) is 6.54 Å². The highest BCUT2D eigenvalue weighted by atomic mass is 19.1. The molecule has 1 N–H and O–H groups in total. The van der Waals surface area contributed by atoms with Gasteiger partial charge >= 0.3 is 0 Å². The smallest absolute Gasteiger partial charge is 0.254 e. The van der Waals surface area contributed by atoms with Gasteiger partial charge in [0.15, 0.2) is 0 Å². The Balaban J connectivity index is 2.39. The molecule has 0 radical (unpaired) electrons. The van der Waals surface area contributed by atoms with Gasteiger partial charge in [-0.15, -0.1) is 0 Å². The van der Waals surface area contributed by atoms with Crippen molar-refractivity contribution in [1.82, 2.24) is 10.2 Å². The van der Waals surface area contributed by atoms with Crippen LogP contribution in [0, 0.1) is 11.6 Å². The minimum Gasteiger partial charge on any atom is -0.352 e. The molecule has 100 valence electrons. The summed E-state index contributed by atoms with van der Waals surface area (Å²) in [4.78, 5) is 13.6. The standard InChI is InChI=1S/C13H18F2N2O/c1-17(2)8-4-3-7-16-13(18)11-9-10(14)5-6-12(11)15/h5-6,9H,3-4,7-8H2,1-2H3,(H,16,18). The lowest BCUT2D eigenvalue weighted by Gasteiger charge is -2.09. The number of hydrogen-bond donors (Lipinski definition) is 1. The molecule has 0 spiro atoms. The fourth-order valence-corrected chi connectivity index (χ4v) is 1.52. The lowest BCUT2D eigenvalue weighted by molar-refractivity contribution is 0.0948. The van der Waals surface area contributed by atoms with Gasteiger partial charge < -0.3 is 10.2 Å². The first-order valence-electron chi connectivity index (χ1n) is 5.88. The third-order valence-corrected chi connectivity index (χ3v) is 2.49. The number of carbonyl (C=O) groups excluding carboxylic acids is 1. The number of benzene rings is 1. The van der Waals surface area contributed by atoms with Crippen LogP contribution in [-0.2, 0) is 0 Å². The zero-order chi connectivity index (χ0) is 13.5. The molecule has 1 rings (SSSR count). The van der Waals surface area contributed by atoms with Gasteiger partial charge in [0, 0.05) is 6.54 Å².